The van der Waals surface area contributed by atoms with Gasteiger partial charge in [-0.1, -0.05) is 36.2 Å². The Morgan fingerprint density at radius 2 is 2.10 bits per heavy atom. The fraction of sp³-hybridized carbons (Fsp3) is 0.267. The molecule has 2 rings (SSSR count). The molecule has 0 amide bonds. The van der Waals surface area contributed by atoms with Crippen molar-refractivity contribution in [2.75, 3.05) is 12.4 Å². The van der Waals surface area contributed by atoms with Crippen LogP contribution in [0, 0.1) is 0 Å². The van der Waals surface area contributed by atoms with Crippen molar-refractivity contribution in [1.29, 1.82) is 0 Å². The van der Waals surface area contributed by atoms with Crippen LogP contribution in [0.1, 0.15) is 24.9 Å². The Kier molecular flexibility index (Phi) is 5.10. The summed E-state index contributed by atoms with van der Waals surface area (Å²) in [5.41, 5.74) is 1.84. The summed E-state index contributed by atoms with van der Waals surface area (Å²) < 4.78 is 5.25. The Morgan fingerprint density at radius 1 is 1.30 bits per heavy atom. The van der Waals surface area contributed by atoms with Crippen LogP contribution in [0.15, 0.2) is 36.5 Å². The predicted octanol–water partition coefficient (Wildman–Crippen LogP) is 4.96. The third-order valence-corrected chi connectivity index (χ3v) is 3.60. The smallest absolute Gasteiger partial charge is 0.237 e. The van der Waals surface area contributed by atoms with E-state index in [1.165, 1.54) is 0 Å². The quantitative estimate of drug-likeness (QED) is 0.847. The molecule has 1 unspecified atom stereocenters. The lowest BCUT2D eigenvalue weighted by Gasteiger charge is -2.21. The van der Waals surface area contributed by atoms with Gasteiger partial charge in [-0.05, 0) is 36.2 Å². The maximum Gasteiger partial charge on any atom is 0.237 e. The van der Waals surface area contributed by atoms with Crippen LogP contribution < -0.4 is 10.1 Å². The molecule has 1 heterocycles. The van der Waals surface area contributed by atoms with E-state index in [9.17, 15) is 0 Å². The summed E-state index contributed by atoms with van der Waals surface area (Å²) in [7, 11) is 1.60. The van der Waals surface area contributed by atoms with E-state index in [-0.39, 0.29) is 6.04 Å². The van der Waals surface area contributed by atoms with Gasteiger partial charge in [0, 0.05) is 16.2 Å². The van der Waals surface area contributed by atoms with Crippen molar-refractivity contribution in [3.8, 4) is 5.88 Å². The molecule has 0 radical (unpaired) electrons. The summed E-state index contributed by atoms with van der Waals surface area (Å²) in [5.74, 6) is 0.566. The fourth-order valence-electron chi connectivity index (χ4n) is 2.03. The first-order valence-electron chi connectivity index (χ1n) is 6.36. The van der Waals surface area contributed by atoms with Gasteiger partial charge in [-0.25, -0.2) is 4.98 Å². The number of nitrogens with zero attached hydrogens (tertiary/aromatic N) is 1. The first kappa shape index (κ1) is 14.9. The van der Waals surface area contributed by atoms with Crippen molar-refractivity contribution < 1.29 is 4.74 Å². The molecule has 0 spiro atoms. The largest absolute Gasteiger partial charge is 0.480 e. The molecule has 1 aromatic heterocycles. The minimum atomic E-state index is 0.0675. The summed E-state index contributed by atoms with van der Waals surface area (Å²) in [6, 6.07) is 9.39. The van der Waals surface area contributed by atoms with Gasteiger partial charge in [0.05, 0.1) is 18.8 Å². The first-order chi connectivity index (χ1) is 9.65. The molecule has 0 bridgehead atoms. The molecule has 0 aliphatic carbocycles. The molecule has 0 saturated carbocycles. The van der Waals surface area contributed by atoms with E-state index in [1.54, 1.807) is 19.4 Å². The van der Waals surface area contributed by atoms with Crippen LogP contribution in [0.4, 0.5) is 5.69 Å². The third kappa shape index (κ3) is 3.35. The highest BCUT2D eigenvalue weighted by Crippen LogP contribution is 2.32. The monoisotopic (exact) mass is 310 g/mol. The van der Waals surface area contributed by atoms with Crippen LogP contribution in [0.5, 0.6) is 5.88 Å². The number of pyridine rings is 1. The molecule has 1 aromatic carbocycles. The maximum atomic E-state index is 6.27. The number of methoxy groups -OCH3 is 1. The lowest BCUT2D eigenvalue weighted by molar-refractivity contribution is 0.399. The molecular weight excluding hydrogens is 295 g/mol. The number of benzene rings is 1. The van der Waals surface area contributed by atoms with E-state index in [2.05, 4.69) is 17.2 Å². The maximum absolute atomic E-state index is 6.27. The molecule has 0 fully saturated rings. The highest BCUT2D eigenvalue weighted by Gasteiger charge is 2.15. The van der Waals surface area contributed by atoms with Crippen LogP contribution >= 0.6 is 23.2 Å². The normalized spacial score (nSPS) is 12.0. The molecule has 1 atom stereocenters. The average Bonchev–Trinajstić information content (AvgIpc) is 2.46. The molecule has 0 aliphatic rings. The van der Waals surface area contributed by atoms with Gasteiger partial charge in [0.25, 0.3) is 0 Å². The first-order valence-corrected chi connectivity index (χ1v) is 7.11. The van der Waals surface area contributed by atoms with Crippen LogP contribution in [0.3, 0.4) is 0 Å². The summed E-state index contributed by atoms with van der Waals surface area (Å²) in [5, 5.41) is 4.69. The number of aromatic nitrogens is 1. The number of nitrogens with one attached hydrogen (secondary N) is 1. The molecule has 20 heavy (non-hydrogen) atoms. The molecule has 0 saturated heterocycles. The van der Waals surface area contributed by atoms with Gasteiger partial charge in [0.1, 0.15) is 0 Å². The van der Waals surface area contributed by atoms with E-state index in [0.29, 0.717) is 15.9 Å². The topological polar surface area (TPSA) is 34.2 Å². The molecule has 106 valence electrons. The van der Waals surface area contributed by atoms with Gasteiger partial charge in [-0.15, -0.1) is 0 Å². The van der Waals surface area contributed by atoms with Crippen molar-refractivity contribution in [3.63, 3.8) is 0 Å². The van der Waals surface area contributed by atoms with Crippen LogP contribution in [0.25, 0.3) is 0 Å². The van der Waals surface area contributed by atoms with Gasteiger partial charge in [0.2, 0.25) is 5.88 Å². The number of hydrogen-bond acceptors (Lipinski definition) is 3. The summed E-state index contributed by atoms with van der Waals surface area (Å²) in [4.78, 5) is 4.18. The third-order valence-electron chi connectivity index (χ3n) is 3.04. The van der Waals surface area contributed by atoms with Gasteiger partial charge in [-0.3, -0.25) is 0 Å². The highest BCUT2D eigenvalue weighted by atomic mass is 35.5. The average molecular weight is 311 g/mol. The van der Waals surface area contributed by atoms with Gasteiger partial charge >= 0.3 is 0 Å². The fourth-order valence-corrected chi connectivity index (χ4v) is 2.58. The Hall–Kier alpha value is -1.45. The Balaban J connectivity index is 2.29. The molecular formula is C15H16Cl2N2O. The summed E-state index contributed by atoms with van der Waals surface area (Å²) in [6.45, 7) is 2.09. The lowest BCUT2D eigenvalue weighted by Crippen LogP contribution is -2.11. The van der Waals surface area contributed by atoms with Crippen molar-refractivity contribution >= 4 is 28.9 Å². The van der Waals surface area contributed by atoms with E-state index in [0.717, 1.165) is 17.7 Å². The molecule has 0 aliphatic heterocycles. The van der Waals surface area contributed by atoms with Crippen molar-refractivity contribution in [1.82, 2.24) is 4.98 Å². The van der Waals surface area contributed by atoms with E-state index in [4.69, 9.17) is 27.9 Å². The van der Waals surface area contributed by atoms with Crippen LogP contribution in [0.2, 0.25) is 10.0 Å². The van der Waals surface area contributed by atoms with E-state index in [1.807, 2.05) is 24.3 Å². The standard InChI is InChI=1S/C15H16Cl2N2O/c1-3-13(11-7-6-10(16)9-12(11)17)19-14-5-4-8-18-15(14)20-2/h4-9,13,19H,3H2,1-2H3. The zero-order valence-electron chi connectivity index (χ0n) is 11.4. The summed E-state index contributed by atoms with van der Waals surface area (Å²) in [6.07, 6.45) is 2.57. The van der Waals surface area contributed by atoms with Gasteiger partial charge in [0.15, 0.2) is 0 Å². The number of hydrogen-bond donors (Lipinski definition) is 1. The Labute approximate surface area is 128 Å². The summed E-state index contributed by atoms with van der Waals surface area (Å²) >= 11 is 12.2. The highest BCUT2D eigenvalue weighted by molar-refractivity contribution is 6.35. The second kappa shape index (κ2) is 6.82. The minimum Gasteiger partial charge on any atom is -0.480 e. The van der Waals surface area contributed by atoms with Crippen molar-refractivity contribution in [2.45, 2.75) is 19.4 Å². The number of rotatable bonds is 5. The zero-order chi connectivity index (χ0) is 14.5. The number of anilines is 1. The molecule has 1 N–H and O–H groups in total. The van der Waals surface area contributed by atoms with Gasteiger partial charge < -0.3 is 10.1 Å². The minimum absolute atomic E-state index is 0.0675. The van der Waals surface area contributed by atoms with Crippen LogP contribution in [-0.4, -0.2) is 12.1 Å². The number of halogens is 2. The van der Waals surface area contributed by atoms with Crippen molar-refractivity contribution in [2.24, 2.45) is 0 Å². The second-order valence-corrected chi connectivity index (χ2v) is 5.17. The zero-order valence-corrected chi connectivity index (χ0v) is 12.9. The molecule has 3 nitrogen and oxygen atoms in total. The van der Waals surface area contributed by atoms with Crippen LogP contribution in [-0.2, 0) is 0 Å². The Bertz CT molecular complexity index is 590. The molecule has 5 heteroatoms. The van der Waals surface area contributed by atoms with Gasteiger partial charge in [-0.2, -0.15) is 0 Å². The van der Waals surface area contributed by atoms with E-state index < -0.39 is 0 Å². The SMILES string of the molecule is CCC(Nc1cccnc1OC)c1ccc(Cl)cc1Cl. The molecule has 2 aromatic rings. The Morgan fingerprint density at radius 3 is 2.75 bits per heavy atom. The van der Waals surface area contributed by atoms with E-state index >= 15 is 0 Å². The second-order valence-electron chi connectivity index (χ2n) is 4.33. The number of ether oxygens (including phenoxy) is 1. The predicted molar refractivity (Wildman–Crippen MR) is 83.9 cm³/mol. The van der Waals surface area contributed by atoms with Crippen molar-refractivity contribution in [3.05, 3.63) is 52.1 Å². The lowest BCUT2D eigenvalue weighted by atomic mass is 10.0.